The summed E-state index contributed by atoms with van der Waals surface area (Å²) in [6, 6.07) is 0.894. The predicted octanol–water partition coefficient (Wildman–Crippen LogP) is -0.211. The third-order valence-corrected chi connectivity index (χ3v) is 3.44. The van der Waals surface area contributed by atoms with E-state index in [1.54, 1.807) is 0 Å². The van der Waals surface area contributed by atoms with Crippen LogP contribution in [-0.4, -0.2) is 80.5 Å². The van der Waals surface area contributed by atoms with Crippen LogP contribution in [0.4, 0.5) is 17.1 Å². The molecule has 1 heterocycles. The molecule has 0 radical (unpaired) electrons. The number of hydrogen-bond donors (Lipinski definition) is 3. The molecule has 0 bridgehead atoms. The first-order valence-corrected chi connectivity index (χ1v) is 7.56. The molecule has 14 nitrogen and oxygen atoms in total. The lowest BCUT2D eigenvalue weighted by Gasteiger charge is -2.27. The van der Waals surface area contributed by atoms with Gasteiger partial charge in [-0.1, -0.05) is 0 Å². The van der Waals surface area contributed by atoms with Crippen molar-refractivity contribution in [2.75, 3.05) is 39.5 Å². The van der Waals surface area contributed by atoms with Gasteiger partial charge in [-0.2, -0.15) is 0 Å². The first-order chi connectivity index (χ1) is 12.7. The molecular weight excluding hydrogens is 372 g/mol. The number of β-amino-alcohol motifs (C(OH)–C–C–N with tert-alkyl or cyclic N) is 1. The molecule has 1 aromatic carbocycles. The summed E-state index contributed by atoms with van der Waals surface area (Å²) in [5, 5.41) is 57.8. The Kier molecular flexibility index (Phi) is 8.40. The van der Waals surface area contributed by atoms with E-state index in [0.717, 1.165) is 26.3 Å². The molecule has 14 heteroatoms. The third-order valence-electron chi connectivity index (χ3n) is 3.44. The van der Waals surface area contributed by atoms with Gasteiger partial charge in [-0.15, -0.1) is 0 Å². The molecule has 0 spiro atoms. The van der Waals surface area contributed by atoms with Gasteiger partial charge in [0.05, 0.1) is 52.8 Å². The number of hydrogen-bond acceptors (Lipinski definition) is 11. The molecule has 0 saturated carbocycles. The summed E-state index contributed by atoms with van der Waals surface area (Å²) >= 11 is 0. The number of nitro groups is 3. The van der Waals surface area contributed by atoms with Gasteiger partial charge in [0, 0.05) is 19.6 Å². The summed E-state index contributed by atoms with van der Waals surface area (Å²) in [6.45, 7) is 3.58. The Morgan fingerprint density at radius 1 is 1.04 bits per heavy atom. The summed E-state index contributed by atoms with van der Waals surface area (Å²) in [7, 11) is 0. The molecule has 0 amide bonds. The lowest BCUT2D eigenvalue weighted by atomic mass is 10.2. The predicted molar refractivity (Wildman–Crippen MR) is 88.4 cm³/mol. The van der Waals surface area contributed by atoms with Gasteiger partial charge in [-0.3, -0.25) is 35.2 Å². The van der Waals surface area contributed by atoms with Gasteiger partial charge in [0.25, 0.3) is 11.4 Å². The van der Waals surface area contributed by atoms with Crippen molar-refractivity contribution >= 4 is 17.1 Å². The van der Waals surface area contributed by atoms with E-state index >= 15 is 0 Å². The second-order valence-corrected chi connectivity index (χ2v) is 5.35. The molecule has 1 atom stereocenters. The highest BCUT2D eigenvalue weighted by Crippen LogP contribution is 2.38. The topological polar surface area (TPSA) is 203 Å². The van der Waals surface area contributed by atoms with Crippen LogP contribution in [0.5, 0.6) is 5.75 Å². The summed E-state index contributed by atoms with van der Waals surface area (Å²) < 4.78 is 5.13. The number of rotatable bonds is 6. The maximum Gasteiger partial charge on any atom is 0.324 e. The number of nitrogens with zero attached hydrogens (tertiary/aromatic N) is 4. The van der Waals surface area contributed by atoms with Crippen molar-refractivity contribution in [1.29, 1.82) is 0 Å². The third kappa shape index (κ3) is 6.70. The van der Waals surface area contributed by atoms with Crippen molar-refractivity contribution in [2.24, 2.45) is 0 Å². The van der Waals surface area contributed by atoms with E-state index in [1.807, 2.05) is 0 Å². The van der Waals surface area contributed by atoms with Crippen LogP contribution in [-0.2, 0) is 4.74 Å². The number of non-ortho nitro benzene ring substituents is 1. The maximum absolute atomic E-state index is 10.4. The average Bonchev–Trinajstić information content (AvgIpc) is 2.62. The Labute approximate surface area is 151 Å². The van der Waals surface area contributed by atoms with Crippen molar-refractivity contribution in [2.45, 2.75) is 6.10 Å². The van der Waals surface area contributed by atoms with Crippen molar-refractivity contribution in [3.63, 3.8) is 0 Å². The second kappa shape index (κ2) is 10.3. The Bertz CT molecular complexity index is 657. The minimum Gasteiger partial charge on any atom is -0.497 e. The van der Waals surface area contributed by atoms with Crippen LogP contribution in [0.25, 0.3) is 0 Å². The largest absolute Gasteiger partial charge is 0.497 e. The fraction of sp³-hybridized carbons (Fsp3) is 0.538. The smallest absolute Gasteiger partial charge is 0.324 e. The molecule has 1 aliphatic rings. The van der Waals surface area contributed by atoms with E-state index in [9.17, 15) is 30.3 Å². The van der Waals surface area contributed by atoms with E-state index in [-0.39, 0.29) is 6.61 Å². The van der Waals surface area contributed by atoms with E-state index in [4.69, 9.17) is 20.1 Å². The SMILES string of the molecule is O=[N+]([O-])c1cc([N+](=O)[O-])c(O)c([N+](=O)[O-])c1.OCC(O)CN1CCOCC1. The quantitative estimate of drug-likeness (QED) is 0.428. The molecule has 1 saturated heterocycles. The van der Waals surface area contributed by atoms with Crippen LogP contribution in [0.3, 0.4) is 0 Å². The number of aliphatic hydroxyl groups is 2. The number of aliphatic hydroxyl groups excluding tert-OH is 2. The normalized spacial score (nSPS) is 15.3. The molecule has 150 valence electrons. The highest BCUT2D eigenvalue weighted by atomic mass is 16.6. The fourth-order valence-corrected chi connectivity index (χ4v) is 2.11. The Morgan fingerprint density at radius 3 is 1.89 bits per heavy atom. The number of morpholine rings is 1. The molecular formula is C13H18N4O10. The van der Waals surface area contributed by atoms with E-state index in [1.165, 1.54) is 0 Å². The van der Waals surface area contributed by atoms with Crippen LogP contribution in [0.15, 0.2) is 12.1 Å². The fourth-order valence-electron chi connectivity index (χ4n) is 2.11. The molecule has 1 fully saturated rings. The lowest BCUT2D eigenvalue weighted by Crippen LogP contribution is -2.41. The summed E-state index contributed by atoms with van der Waals surface area (Å²) in [6.07, 6.45) is -0.604. The Morgan fingerprint density at radius 2 is 1.52 bits per heavy atom. The highest BCUT2D eigenvalue weighted by Gasteiger charge is 2.30. The summed E-state index contributed by atoms with van der Waals surface area (Å²) in [5.74, 6) is -1.21. The molecule has 1 aliphatic heterocycles. The van der Waals surface area contributed by atoms with Gasteiger partial charge < -0.3 is 20.1 Å². The zero-order valence-electron chi connectivity index (χ0n) is 14.0. The molecule has 0 aliphatic carbocycles. The van der Waals surface area contributed by atoms with E-state index < -0.39 is 43.7 Å². The molecule has 0 aromatic heterocycles. The number of nitro benzene ring substituents is 3. The lowest BCUT2D eigenvalue weighted by molar-refractivity contribution is -0.404. The van der Waals surface area contributed by atoms with E-state index in [0.29, 0.717) is 18.7 Å². The second-order valence-electron chi connectivity index (χ2n) is 5.35. The van der Waals surface area contributed by atoms with Gasteiger partial charge in [0.2, 0.25) is 0 Å². The van der Waals surface area contributed by atoms with Crippen molar-refractivity contribution in [1.82, 2.24) is 4.90 Å². The van der Waals surface area contributed by atoms with Gasteiger partial charge in [0.15, 0.2) is 0 Å². The average molecular weight is 390 g/mol. The van der Waals surface area contributed by atoms with Crippen LogP contribution in [0, 0.1) is 30.3 Å². The van der Waals surface area contributed by atoms with Crippen LogP contribution >= 0.6 is 0 Å². The van der Waals surface area contributed by atoms with Gasteiger partial charge in [-0.25, -0.2) is 0 Å². The zero-order chi connectivity index (χ0) is 20.6. The maximum atomic E-state index is 10.4. The number of ether oxygens (including phenoxy) is 1. The summed E-state index contributed by atoms with van der Waals surface area (Å²) in [4.78, 5) is 29.9. The molecule has 1 unspecified atom stereocenters. The highest BCUT2D eigenvalue weighted by molar-refractivity contribution is 5.64. The van der Waals surface area contributed by atoms with Crippen molar-refractivity contribution < 1.29 is 34.8 Å². The summed E-state index contributed by atoms with van der Waals surface area (Å²) in [5.41, 5.74) is -3.00. The van der Waals surface area contributed by atoms with Crippen molar-refractivity contribution in [3.05, 3.63) is 42.5 Å². The standard InChI is InChI=1S/C7H15NO3.C6H3N3O7/c9-6-7(10)5-8-1-3-11-4-2-8;10-6-4(8(13)14)1-3(7(11)12)2-5(6)9(15)16/h7,9-10H,1-6H2;1-2,10H. The van der Waals surface area contributed by atoms with Crippen LogP contribution < -0.4 is 0 Å². The minimum absolute atomic E-state index is 0.155. The monoisotopic (exact) mass is 390 g/mol. The minimum atomic E-state index is -1.21. The number of aromatic hydroxyl groups is 1. The van der Waals surface area contributed by atoms with Crippen molar-refractivity contribution in [3.8, 4) is 5.75 Å². The van der Waals surface area contributed by atoms with Crippen LogP contribution in [0.1, 0.15) is 0 Å². The number of phenolic OH excluding ortho intramolecular Hbond substituents is 1. The Balaban J connectivity index is 0.000000289. The van der Waals surface area contributed by atoms with Gasteiger partial charge >= 0.3 is 11.4 Å². The molecule has 2 rings (SSSR count). The van der Waals surface area contributed by atoms with Gasteiger partial charge in [-0.05, 0) is 0 Å². The Hall–Kier alpha value is -2.94. The van der Waals surface area contributed by atoms with E-state index in [2.05, 4.69) is 4.90 Å². The number of benzene rings is 1. The van der Waals surface area contributed by atoms with Crippen LogP contribution in [0.2, 0.25) is 0 Å². The molecule has 27 heavy (non-hydrogen) atoms. The first-order valence-electron chi connectivity index (χ1n) is 7.56. The van der Waals surface area contributed by atoms with Gasteiger partial charge in [0.1, 0.15) is 0 Å². The number of phenols is 1. The molecule has 1 aromatic rings. The zero-order valence-corrected chi connectivity index (χ0v) is 14.0. The first kappa shape index (κ1) is 22.1. The molecule has 3 N–H and O–H groups in total.